The summed E-state index contributed by atoms with van der Waals surface area (Å²) in [6.07, 6.45) is 0. The topological polar surface area (TPSA) is 67.4 Å². The van der Waals surface area contributed by atoms with Crippen LogP contribution in [0.15, 0.2) is 48.5 Å². The van der Waals surface area contributed by atoms with E-state index in [0.29, 0.717) is 22.0 Å². The van der Waals surface area contributed by atoms with E-state index in [-0.39, 0.29) is 25.0 Å². The van der Waals surface area contributed by atoms with Crippen LogP contribution in [0.1, 0.15) is 17.3 Å². The van der Waals surface area contributed by atoms with Gasteiger partial charge < -0.3 is 15.4 Å². The van der Waals surface area contributed by atoms with Crippen LogP contribution in [0, 0.1) is 11.8 Å². The molecule has 2 aromatic carbocycles. The average Bonchev–Trinajstić information content (AvgIpc) is 2.58. The van der Waals surface area contributed by atoms with Crippen LogP contribution < -0.4 is 15.4 Å². The van der Waals surface area contributed by atoms with Gasteiger partial charge in [0.2, 0.25) is 5.91 Å². The number of nitrogens with one attached hydrogen (secondary N) is 2. The minimum atomic E-state index is -0.213. The Morgan fingerprint density at radius 3 is 2.60 bits per heavy atom. The lowest BCUT2D eigenvalue weighted by molar-refractivity contribution is -0.114. The van der Waals surface area contributed by atoms with Crippen molar-refractivity contribution in [2.24, 2.45) is 0 Å². The van der Waals surface area contributed by atoms with E-state index >= 15 is 0 Å². The van der Waals surface area contributed by atoms with E-state index in [1.807, 2.05) is 0 Å². The van der Waals surface area contributed by atoms with Crippen LogP contribution in [0.5, 0.6) is 5.75 Å². The summed E-state index contributed by atoms with van der Waals surface area (Å²) in [5.74, 6) is 5.87. The van der Waals surface area contributed by atoms with Crippen molar-refractivity contribution in [3.63, 3.8) is 0 Å². The summed E-state index contributed by atoms with van der Waals surface area (Å²) in [6.45, 7) is 1.84. The van der Waals surface area contributed by atoms with E-state index in [4.69, 9.17) is 16.3 Å². The molecule has 0 saturated heterocycles. The van der Waals surface area contributed by atoms with Gasteiger partial charge in [0.15, 0.2) is 0 Å². The van der Waals surface area contributed by atoms with Crippen molar-refractivity contribution in [1.82, 2.24) is 5.32 Å². The first-order valence-electron chi connectivity index (χ1n) is 7.54. The SMILES string of the molecule is CC(=O)Nc1cccc(OCC#CCNC(=O)c2ccc(Cl)cc2)c1. The standard InChI is InChI=1S/C19H17ClN2O3/c1-14(23)22-17-5-4-6-18(13-17)25-12-3-2-11-21-19(24)15-7-9-16(20)10-8-15/h4-10,13H,11-12H2,1H3,(H,21,24)(H,22,23). The summed E-state index contributed by atoms with van der Waals surface area (Å²) < 4.78 is 5.48. The zero-order valence-electron chi connectivity index (χ0n) is 13.6. The Labute approximate surface area is 151 Å². The second kappa shape index (κ2) is 9.36. The van der Waals surface area contributed by atoms with E-state index in [1.54, 1.807) is 48.5 Å². The number of amides is 2. The van der Waals surface area contributed by atoms with Crippen LogP contribution in [0.25, 0.3) is 0 Å². The van der Waals surface area contributed by atoms with Gasteiger partial charge in [-0.25, -0.2) is 0 Å². The molecule has 0 bridgehead atoms. The van der Waals surface area contributed by atoms with Gasteiger partial charge in [0.25, 0.3) is 5.91 Å². The van der Waals surface area contributed by atoms with Crippen molar-refractivity contribution in [3.05, 3.63) is 59.1 Å². The van der Waals surface area contributed by atoms with Crippen molar-refractivity contribution in [1.29, 1.82) is 0 Å². The van der Waals surface area contributed by atoms with Gasteiger partial charge in [-0.1, -0.05) is 29.5 Å². The lowest BCUT2D eigenvalue weighted by Gasteiger charge is -2.05. The maximum absolute atomic E-state index is 11.8. The predicted molar refractivity (Wildman–Crippen MR) is 97.8 cm³/mol. The summed E-state index contributed by atoms with van der Waals surface area (Å²) in [5.41, 5.74) is 1.19. The highest BCUT2D eigenvalue weighted by Crippen LogP contribution is 2.17. The molecule has 0 aliphatic rings. The third kappa shape index (κ3) is 6.58. The molecule has 2 amide bonds. The largest absolute Gasteiger partial charge is 0.481 e. The lowest BCUT2D eigenvalue weighted by Crippen LogP contribution is -2.23. The molecule has 0 spiro atoms. The van der Waals surface area contributed by atoms with Crippen molar-refractivity contribution in [2.75, 3.05) is 18.5 Å². The first-order valence-corrected chi connectivity index (χ1v) is 7.92. The fourth-order valence-electron chi connectivity index (χ4n) is 1.93. The number of hydrogen-bond acceptors (Lipinski definition) is 3. The molecule has 0 fully saturated rings. The molecule has 0 aliphatic heterocycles. The zero-order chi connectivity index (χ0) is 18.1. The number of carbonyl (C=O) groups is 2. The van der Waals surface area contributed by atoms with Gasteiger partial charge in [-0.3, -0.25) is 9.59 Å². The normalized spacial score (nSPS) is 9.52. The number of halogens is 1. The Kier molecular flexibility index (Phi) is 6.87. The van der Waals surface area contributed by atoms with Crippen LogP contribution >= 0.6 is 11.6 Å². The summed E-state index contributed by atoms with van der Waals surface area (Å²) in [5, 5.41) is 5.95. The van der Waals surface area contributed by atoms with Crippen molar-refractivity contribution >= 4 is 29.1 Å². The highest BCUT2D eigenvalue weighted by Gasteiger charge is 2.02. The molecule has 6 heteroatoms. The molecule has 0 saturated carbocycles. The smallest absolute Gasteiger partial charge is 0.252 e. The first-order chi connectivity index (χ1) is 12.0. The Morgan fingerprint density at radius 2 is 1.88 bits per heavy atom. The highest BCUT2D eigenvalue weighted by atomic mass is 35.5. The third-order valence-electron chi connectivity index (χ3n) is 3.03. The Morgan fingerprint density at radius 1 is 1.12 bits per heavy atom. The molecular weight excluding hydrogens is 340 g/mol. The highest BCUT2D eigenvalue weighted by molar-refractivity contribution is 6.30. The number of ether oxygens (including phenoxy) is 1. The van der Waals surface area contributed by atoms with E-state index in [9.17, 15) is 9.59 Å². The molecule has 5 nitrogen and oxygen atoms in total. The molecule has 25 heavy (non-hydrogen) atoms. The number of carbonyl (C=O) groups excluding carboxylic acids is 2. The first kappa shape index (κ1) is 18.4. The van der Waals surface area contributed by atoms with Crippen LogP contribution in [-0.2, 0) is 4.79 Å². The molecule has 0 atom stereocenters. The minimum absolute atomic E-state index is 0.145. The average molecular weight is 357 g/mol. The molecule has 0 radical (unpaired) electrons. The minimum Gasteiger partial charge on any atom is -0.481 e. The summed E-state index contributed by atoms with van der Waals surface area (Å²) in [6, 6.07) is 13.6. The third-order valence-corrected chi connectivity index (χ3v) is 3.29. The number of hydrogen-bond donors (Lipinski definition) is 2. The lowest BCUT2D eigenvalue weighted by atomic mass is 10.2. The maximum atomic E-state index is 11.8. The maximum Gasteiger partial charge on any atom is 0.252 e. The van der Waals surface area contributed by atoms with Gasteiger partial charge in [-0.15, -0.1) is 0 Å². The molecule has 128 valence electrons. The van der Waals surface area contributed by atoms with Crippen molar-refractivity contribution in [3.8, 4) is 17.6 Å². The molecular formula is C19H17ClN2O3. The van der Waals surface area contributed by atoms with E-state index < -0.39 is 0 Å². The van der Waals surface area contributed by atoms with Crippen LogP contribution in [0.2, 0.25) is 5.02 Å². The van der Waals surface area contributed by atoms with Crippen LogP contribution in [0.4, 0.5) is 5.69 Å². The van der Waals surface area contributed by atoms with Crippen LogP contribution in [0.3, 0.4) is 0 Å². The van der Waals surface area contributed by atoms with Gasteiger partial charge in [-0.2, -0.15) is 0 Å². The number of benzene rings is 2. The molecule has 0 heterocycles. The van der Waals surface area contributed by atoms with E-state index in [2.05, 4.69) is 22.5 Å². The van der Waals surface area contributed by atoms with Gasteiger partial charge in [0, 0.05) is 29.3 Å². The van der Waals surface area contributed by atoms with Crippen molar-refractivity contribution in [2.45, 2.75) is 6.92 Å². The number of anilines is 1. The predicted octanol–water partition coefficient (Wildman–Crippen LogP) is 3.11. The Hall–Kier alpha value is -2.97. The van der Waals surface area contributed by atoms with Gasteiger partial charge >= 0.3 is 0 Å². The fraction of sp³-hybridized carbons (Fsp3) is 0.158. The van der Waals surface area contributed by atoms with Gasteiger partial charge in [0.05, 0.1) is 6.54 Å². The zero-order valence-corrected chi connectivity index (χ0v) is 14.4. The Balaban J connectivity index is 1.75. The summed E-state index contributed by atoms with van der Waals surface area (Å²) in [7, 11) is 0. The molecule has 2 aromatic rings. The fourth-order valence-corrected chi connectivity index (χ4v) is 2.05. The molecule has 2 rings (SSSR count). The van der Waals surface area contributed by atoms with Crippen molar-refractivity contribution < 1.29 is 14.3 Å². The molecule has 0 aliphatic carbocycles. The quantitative estimate of drug-likeness (QED) is 0.809. The van der Waals surface area contributed by atoms with Gasteiger partial charge in [-0.05, 0) is 36.4 Å². The monoisotopic (exact) mass is 356 g/mol. The van der Waals surface area contributed by atoms with E-state index in [0.717, 1.165) is 0 Å². The second-order valence-corrected chi connectivity index (χ2v) is 5.48. The summed E-state index contributed by atoms with van der Waals surface area (Å²) in [4.78, 5) is 22.9. The molecule has 0 unspecified atom stereocenters. The van der Waals surface area contributed by atoms with Crippen LogP contribution in [-0.4, -0.2) is 25.0 Å². The number of rotatable bonds is 5. The Bertz CT molecular complexity index is 807. The second-order valence-electron chi connectivity index (χ2n) is 5.04. The molecule has 2 N–H and O–H groups in total. The van der Waals surface area contributed by atoms with Gasteiger partial charge in [0.1, 0.15) is 12.4 Å². The molecule has 0 aromatic heterocycles. The summed E-state index contributed by atoms with van der Waals surface area (Å²) >= 11 is 5.77. The van der Waals surface area contributed by atoms with E-state index in [1.165, 1.54) is 6.92 Å².